The van der Waals surface area contributed by atoms with Crippen molar-refractivity contribution in [2.75, 3.05) is 18.6 Å². The quantitative estimate of drug-likeness (QED) is 0.800. The van der Waals surface area contributed by atoms with Gasteiger partial charge in [-0.1, -0.05) is 24.9 Å². The minimum Gasteiger partial charge on any atom is -0.338 e. The molecule has 1 aliphatic heterocycles. The lowest BCUT2D eigenvalue weighted by Crippen LogP contribution is -2.37. The molecular formula is C14H19ClN2OS. The fraction of sp³-hybridized carbons (Fsp3) is 0.571. The van der Waals surface area contributed by atoms with Crippen LogP contribution in [0.3, 0.4) is 0 Å². The van der Waals surface area contributed by atoms with Crippen LogP contribution in [-0.2, 0) is 6.42 Å². The Kier molecular flexibility index (Phi) is 5.11. The molecule has 3 nitrogen and oxygen atoms in total. The van der Waals surface area contributed by atoms with Crippen molar-refractivity contribution in [1.82, 2.24) is 9.88 Å². The predicted molar refractivity (Wildman–Crippen MR) is 81.1 cm³/mol. The maximum atomic E-state index is 12.5. The maximum absolute atomic E-state index is 12.5. The SMILES string of the molecule is CCCc1cc(C(=O)N(C)C2CCSC2)cc(Cl)n1. The molecule has 1 unspecified atom stereocenters. The number of carbonyl (C=O) groups is 1. The van der Waals surface area contributed by atoms with Crippen LogP contribution in [0.1, 0.15) is 35.8 Å². The van der Waals surface area contributed by atoms with Crippen molar-refractivity contribution in [3.8, 4) is 0 Å². The van der Waals surface area contributed by atoms with E-state index in [-0.39, 0.29) is 5.91 Å². The van der Waals surface area contributed by atoms with Crippen molar-refractivity contribution in [3.05, 3.63) is 28.5 Å². The van der Waals surface area contributed by atoms with Crippen LogP contribution >= 0.6 is 23.4 Å². The van der Waals surface area contributed by atoms with E-state index < -0.39 is 0 Å². The van der Waals surface area contributed by atoms with Crippen LogP contribution < -0.4 is 0 Å². The fourth-order valence-electron chi connectivity index (χ4n) is 2.26. The third-order valence-corrected chi connectivity index (χ3v) is 4.71. The monoisotopic (exact) mass is 298 g/mol. The molecule has 0 bridgehead atoms. The maximum Gasteiger partial charge on any atom is 0.254 e. The Morgan fingerprint density at radius 1 is 1.58 bits per heavy atom. The van der Waals surface area contributed by atoms with E-state index in [1.54, 1.807) is 6.07 Å². The number of amides is 1. The smallest absolute Gasteiger partial charge is 0.254 e. The van der Waals surface area contributed by atoms with Gasteiger partial charge in [-0.15, -0.1) is 0 Å². The number of rotatable bonds is 4. The lowest BCUT2D eigenvalue weighted by molar-refractivity contribution is 0.0747. The lowest BCUT2D eigenvalue weighted by Gasteiger charge is -2.24. The zero-order valence-corrected chi connectivity index (χ0v) is 12.9. The van der Waals surface area contributed by atoms with Crippen molar-refractivity contribution >= 4 is 29.3 Å². The molecule has 0 aromatic carbocycles. The summed E-state index contributed by atoms with van der Waals surface area (Å²) >= 11 is 7.91. The largest absolute Gasteiger partial charge is 0.338 e. The summed E-state index contributed by atoms with van der Waals surface area (Å²) in [6.45, 7) is 2.09. The van der Waals surface area contributed by atoms with Gasteiger partial charge in [0, 0.05) is 30.1 Å². The molecule has 1 aromatic heterocycles. The van der Waals surface area contributed by atoms with Crippen LogP contribution in [-0.4, -0.2) is 40.4 Å². The molecule has 0 radical (unpaired) electrons. The van der Waals surface area contributed by atoms with E-state index in [4.69, 9.17) is 11.6 Å². The molecule has 0 N–H and O–H groups in total. The van der Waals surface area contributed by atoms with Crippen molar-refractivity contribution < 1.29 is 4.79 Å². The van der Waals surface area contributed by atoms with Crippen molar-refractivity contribution in [2.45, 2.75) is 32.2 Å². The van der Waals surface area contributed by atoms with E-state index in [0.717, 1.165) is 36.5 Å². The predicted octanol–water partition coefficient (Wildman–Crippen LogP) is 3.27. The van der Waals surface area contributed by atoms with Gasteiger partial charge in [0.05, 0.1) is 0 Å². The van der Waals surface area contributed by atoms with Crippen molar-refractivity contribution in [1.29, 1.82) is 0 Å². The number of hydrogen-bond donors (Lipinski definition) is 0. The normalized spacial score (nSPS) is 18.6. The third kappa shape index (κ3) is 3.63. The molecule has 0 aliphatic carbocycles. The summed E-state index contributed by atoms with van der Waals surface area (Å²) in [6, 6.07) is 3.89. The Morgan fingerprint density at radius 2 is 2.37 bits per heavy atom. The molecule has 1 aromatic rings. The van der Waals surface area contributed by atoms with E-state index in [0.29, 0.717) is 16.8 Å². The first-order valence-corrected chi connectivity index (χ1v) is 8.16. The summed E-state index contributed by atoms with van der Waals surface area (Å²) in [5, 5.41) is 0.406. The van der Waals surface area contributed by atoms with Gasteiger partial charge in [-0.2, -0.15) is 11.8 Å². The highest BCUT2D eigenvalue weighted by molar-refractivity contribution is 7.99. The highest BCUT2D eigenvalue weighted by Crippen LogP contribution is 2.23. The van der Waals surface area contributed by atoms with Crippen LogP contribution in [0.25, 0.3) is 0 Å². The van der Waals surface area contributed by atoms with E-state index >= 15 is 0 Å². The minimum atomic E-state index is 0.0501. The molecule has 2 heterocycles. The van der Waals surface area contributed by atoms with Gasteiger partial charge in [0.1, 0.15) is 5.15 Å². The number of nitrogens with zero attached hydrogens (tertiary/aromatic N) is 2. The third-order valence-electron chi connectivity index (χ3n) is 3.37. The number of aromatic nitrogens is 1. The zero-order chi connectivity index (χ0) is 13.8. The Labute approximate surface area is 123 Å². The second-order valence-electron chi connectivity index (χ2n) is 4.85. The summed E-state index contributed by atoms with van der Waals surface area (Å²) in [5.41, 5.74) is 1.55. The molecule has 1 atom stereocenters. The van der Waals surface area contributed by atoms with Gasteiger partial charge in [0.15, 0.2) is 0 Å². The number of hydrogen-bond acceptors (Lipinski definition) is 3. The van der Waals surface area contributed by atoms with Gasteiger partial charge in [0.2, 0.25) is 0 Å². The van der Waals surface area contributed by atoms with Crippen molar-refractivity contribution in [3.63, 3.8) is 0 Å². The first-order chi connectivity index (χ1) is 9.11. The van der Waals surface area contributed by atoms with Crippen LogP contribution in [0.5, 0.6) is 0 Å². The van der Waals surface area contributed by atoms with Crippen LogP contribution in [0.2, 0.25) is 5.15 Å². The molecule has 104 valence electrons. The van der Waals surface area contributed by atoms with Crippen LogP contribution in [0, 0.1) is 0 Å². The van der Waals surface area contributed by atoms with Gasteiger partial charge < -0.3 is 4.90 Å². The summed E-state index contributed by atoms with van der Waals surface area (Å²) < 4.78 is 0. The van der Waals surface area contributed by atoms with E-state index in [9.17, 15) is 4.79 Å². The molecule has 5 heteroatoms. The first kappa shape index (κ1) is 14.7. The number of aryl methyl sites for hydroxylation is 1. The summed E-state index contributed by atoms with van der Waals surface area (Å²) in [5.74, 6) is 2.22. The molecule has 0 spiro atoms. The second kappa shape index (κ2) is 6.62. The number of carbonyl (C=O) groups excluding carboxylic acids is 1. The average molecular weight is 299 g/mol. The van der Waals surface area contributed by atoms with Gasteiger partial charge in [-0.3, -0.25) is 4.79 Å². The Bertz CT molecular complexity index is 461. The topological polar surface area (TPSA) is 33.2 Å². The molecule has 1 amide bonds. The molecule has 19 heavy (non-hydrogen) atoms. The van der Waals surface area contributed by atoms with E-state index in [1.165, 1.54) is 0 Å². The minimum absolute atomic E-state index is 0.0501. The summed E-state index contributed by atoms with van der Waals surface area (Å²) in [6.07, 6.45) is 2.92. The van der Waals surface area contributed by atoms with Gasteiger partial charge in [0.25, 0.3) is 5.91 Å². The molecule has 1 saturated heterocycles. The molecule has 1 fully saturated rings. The molecule has 1 aliphatic rings. The number of halogens is 1. The standard InChI is InChI=1S/C14H19ClN2OS/c1-3-4-11-7-10(8-13(15)16-11)14(18)17(2)12-5-6-19-9-12/h7-8,12H,3-6,9H2,1-2H3. The number of thioether (sulfide) groups is 1. The molecular weight excluding hydrogens is 280 g/mol. The fourth-order valence-corrected chi connectivity index (χ4v) is 3.75. The summed E-state index contributed by atoms with van der Waals surface area (Å²) in [7, 11) is 1.88. The van der Waals surface area contributed by atoms with E-state index in [1.807, 2.05) is 29.8 Å². The Morgan fingerprint density at radius 3 is 3.00 bits per heavy atom. The number of pyridine rings is 1. The second-order valence-corrected chi connectivity index (χ2v) is 6.39. The molecule has 0 saturated carbocycles. The van der Waals surface area contributed by atoms with Crippen LogP contribution in [0.15, 0.2) is 12.1 Å². The lowest BCUT2D eigenvalue weighted by atomic mass is 10.1. The Hall–Kier alpha value is -0.740. The highest BCUT2D eigenvalue weighted by atomic mass is 35.5. The first-order valence-electron chi connectivity index (χ1n) is 6.63. The zero-order valence-electron chi connectivity index (χ0n) is 11.4. The average Bonchev–Trinajstić information content (AvgIpc) is 2.90. The van der Waals surface area contributed by atoms with E-state index in [2.05, 4.69) is 11.9 Å². The Balaban J connectivity index is 2.17. The highest BCUT2D eigenvalue weighted by Gasteiger charge is 2.25. The van der Waals surface area contributed by atoms with Crippen molar-refractivity contribution in [2.24, 2.45) is 0 Å². The summed E-state index contributed by atoms with van der Waals surface area (Å²) in [4.78, 5) is 18.6. The molecule has 2 rings (SSSR count). The van der Waals surface area contributed by atoms with Gasteiger partial charge >= 0.3 is 0 Å². The van der Waals surface area contributed by atoms with Gasteiger partial charge in [-0.05, 0) is 30.7 Å². The van der Waals surface area contributed by atoms with Crippen LogP contribution in [0.4, 0.5) is 0 Å². The van der Waals surface area contributed by atoms with Gasteiger partial charge in [-0.25, -0.2) is 4.98 Å².